The monoisotopic (exact) mass is 310 g/mol. The molecule has 0 aromatic carbocycles. The number of nitrogens with one attached hydrogen (secondary N) is 1. The van der Waals surface area contributed by atoms with Gasteiger partial charge in [-0.1, -0.05) is 13.3 Å². The number of carboxylic acid groups (broad SMARTS) is 1. The molecule has 1 aliphatic carbocycles. The minimum atomic E-state index is -4.21. The van der Waals surface area contributed by atoms with Gasteiger partial charge >= 0.3 is 12.1 Å². The number of halogens is 3. The number of carbonyl (C=O) groups is 1. The van der Waals surface area contributed by atoms with Gasteiger partial charge in [-0.25, -0.2) is 0 Å². The molecule has 0 aromatic rings. The predicted molar refractivity (Wildman–Crippen MR) is 74.2 cm³/mol. The van der Waals surface area contributed by atoms with Crippen LogP contribution in [0.25, 0.3) is 0 Å². The van der Waals surface area contributed by atoms with Gasteiger partial charge in [0.25, 0.3) is 0 Å². The molecule has 0 heterocycles. The van der Waals surface area contributed by atoms with Gasteiger partial charge in [-0.05, 0) is 51.7 Å². The third kappa shape index (κ3) is 5.14. The standard InChI is InChI=1S/C14H25F3N2O2/c1-3-8-18-13(12(20)21)7-4-5-11(13)6-9-19(2)10-14(15,16)17/h11,18H,3-10H2,1-2H3,(H,20,21). The second kappa shape index (κ2) is 7.45. The van der Waals surface area contributed by atoms with Crippen molar-refractivity contribution in [1.82, 2.24) is 10.2 Å². The summed E-state index contributed by atoms with van der Waals surface area (Å²) in [5.41, 5.74) is -0.963. The van der Waals surface area contributed by atoms with Crippen LogP contribution < -0.4 is 5.32 Å². The van der Waals surface area contributed by atoms with Crippen molar-refractivity contribution in [2.24, 2.45) is 5.92 Å². The summed E-state index contributed by atoms with van der Waals surface area (Å²) in [6.07, 6.45) is -0.810. The summed E-state index contributed by atoms with van der Waals surface area (Å²) in [5, 5.41) is 12.7. The van der Waals surface area contributed by atoms with E-state index in [0.29, 0.717) is 19.4 Å². The molecular formula is C14H25F3N2O2. The molecule has 4 nitrogen and oxygen atoms in total. The van der Waals surface area contributed by atoms with E-state index in [0.717, 1.165) is 19.3 Å². The molecule has 7 heteroatoms. The summed E-state index contributed by atoms with van der Waals surface area (Å²) in [4.78, 5) is 12.9. The molecule has 1 aliphatic rings. The minimum Gasteiger partial charge on any atom is -0.480 e. The molecule has 0 spiro atoms. The fraction of sp³-hybridized carbons (Fsp3) is 0.929. The van der Waals surface area contributed by atoms with Crippen LogP contribution in [0.3, 0.4) is 0 Å². The molecule has 2 unspecified atom stereocenters. The summed E-state index contributed by atoms with van der Waals surface area (Å²) in [7, 11) is 1.42. The molecule has 0 aliphatic heterocycles. The number of hydrogen-bond acceptors (Lipinski definition) is 3. The SMILES string of the molecule is CCCNC1(C(=O)O)CCCC1CCN(C)CC(F)(F)F. The Hall–Kier alpha value is -0.820. The van der Waals surface area contributed by atoms with Crippen molar-refractivity contribution < 1.29 is 23.1 Å². The second-order valence-corrected chi connectivity index (χ2v) is 5.93. The Morgan fingerprint density at radius 3 is 2.67 bits per heavy atom. The first-order chi connectivity index (χ1) is 9.71. The average Bonchev–Trinajstić information content (AvgIpc) is 2.76. The van der Waals surface area contributed by atoms with E-state index in [1.54, 1.807) is 0 Å². The van der Waals surface area contributed by atoms with Crippen molar-refractivity contribution >= 4 is 5.97 Å². The zero-order valence-corrected chi connectivity index (χ0v) is 12.7. The lowest BCUT2D eigenvalue weighted by Crippen LogP contribution is -2.55. The molecule has 124 valence electrons. The Kier molecular flexibility index (Phi) is 6.46. The molecular weight excluding hydrogens is 285 g/mol. The Morgan fingerprint density at radius 2 is 2.14 bits per heavy atom. The predicted octanol–water partition coefficient (Wildman–Crippen LogP) is 2.49. The van der Waals surface area contributed by atoms with Crippen molar-refractivity contribution in [2.75, 3.05) is 26.7 Å². The summed E-state index contributed by atoms with van der Waals surface area (Å²) >= 11 is 0. The first-order valence-corrected chi connectivity index (χ1v) is 7.45. The maximum absolute atomic E-state index is 12.3. The molecule has 0 bridgehead atoms. The van der Waals surface area contributed by atoms with Gasteiger partial charge in [0.2, 0.25) is 0 Å². The van der Waals surface area contributed by atoms with Crippen LogP contribution in [-0.4, -0.2) is 54.4 Å². The van der Waals surface area contributed by atoms with Crippen molar-refractivity contribution in [3.05, 3.63) is 0 Å². The van der Waals surface area contributed by atoms with Gasteiger partial charge in [-0.2, -0.15) is 13.2 Å². The van der Waals surface area contributed by atoms with Gasteiger partial charge in [0.15, 0.2) is 0 Å². The van der Waals surface area contributed by atoms with Crippen LogP contribution in [0.2, 0.25) is 0 Å². The highest BCUT2D eigenvalue weighted by Crippen LogP contribution is 2.38. The Labute approximate surface area is 123 Å². The third-order valence-corrected chi connectivity index (χ3v) is 4.20. The first kappa shape index (κ1) is 18.2. The van der Waals surface area contributed by atoms with E-state index in [1.165, 1.54) is 11.9 Å². The lowest BCUT2D eigenvalue weighted by molar-refractivity contribution is -0.148. The number of alkyl halides is 3. The lowest BCUT2D eigenvalue weighted by atomic mass is 9.84. The van der Waals surface area contributed by atoms with E-state index in [4.69, 9.17) is 0 Å². The molecule has 2 atom stereocenters. The van der Waals surface area contributed by atoms with Crippen molar-refractivity contribution in [2.45, 2.75) is 50.7 Å². The summed E-state index contributed by atoms with van der Waals surface area (Å²) in [6.45, 7) is 1.87. The zero-order valence-electron chi connectivity index (χ0n) is 12.7. The molecule has 1 fully saturated rings. The minimum absolute atomic E-state index is 0.114. The number of carboxylic acids is 1. The summed E-state index contributed by atoms with van der Waals surface area (Å²) < 4.78 is 36.9. The molecule has 0 amide bonds. The molecule has 0 aromatic heterocycles. The number of aliphatic carboxylic acids is 1. The molecule has 21 heavy (non-hydrogen) atoms. The van der Waals surface area contributed by atoms with Crippen molar-refractivity contribution in [3.8, 4) is 0 Å². The number of hydrogen-bond donors (Lipinski definition) is 2. The summed E-state index contributed by atoms with van der Waals surface area (Å²) in [5.74, 6) is -0.992. The van der Waals surface area contributed by atoms with Crippen molar-refractivity contribution in [1.29, 1.82) is 0 Å². The van der Waals surface area contributed by atoms with Crippen LogP contribution >= 0.6 is 0 Å². The van der Waals surface area contributed by atoms with Gasteiger partial charge in [0, 0.05) is 0 Å². The fourth-order valence-electron chi connectivity index (χ4n) is 3.17. The maximum atomic E-state index is 12.3. The Morgan fingerprint density at radius 1 is 1.48 bits per heavy atom. The molecule has 0 radical (unpaired) electrons. The highest BCUT2D eigenvalue weighted by molar-refractivity contribution is 5.79. The number of nitrogens with zero attached hydrogens (tertiary/aromatic N) is 1. The Bertz CT molecular complexity index is 350. The van der Waals surface area contributed by atoms with E-state index >= 15 is 0 Å². The fourth-order valence-corrected chi connectivity index (χ4v) is 3.17. The van der Waals surface area contributed by atoms with E-state index in [9.17, 15) is 23.1 Å². The third-order valence-electron chi connectivity index (χ3n) is 4.20. The highest BCUT2D eigenvalue weighted by atomic mass is 19.4. The zero-order chi connectivity index (χ0) is 16.1. The van der Waals surface area contributed by atoms with Crippen LogP contribution in [0.1, 0.15) is 39.0 Å². The van der Waals surface area contributed by atoms with Crippen LogP contribution in [0.4, 0.5) is 13.2 Å². The van der Waals surface area contributed by atoms with Gasteiger partial charge in [-0.3, -0.25) is 9.69 Å². The van der Waals surface area contributed by atoms with E-state index in [-0.39, 0.29) is 12.5 Å². The smallest absolute Gasteiger partial charge is 0.401 e. The van der Waals surface area contributed by atoms with E-state index in [2.05, 4.69) is 5.32 Å². The molecule has 1 rings (SSSR count). The van der Waals surface area contributed by atoms with Gasteiger partial charge in [-0.15, -0.1) is 0 Å². The van der Waals surface area contributed by atoms with Gasteiger partial charge in [0.1, 0.15) is 5.54 Å². The summed E-state index contributed by atoms with van der Waals surface area (Å²) in [6, 6.07) is 0. The average molecular weight is 310 g/mol. The highest BCUT2D eigenvalue weighted by Gasteiger charge is 2.48. The van der Waals surface area contributed by atoms with Crippen LogP contribution in [0.5, 0.6) is 0 Å². The topological polar surface area (TPSA) is 52.6 Å². The normalized spacial score (nSPS) is 26.5. The maximum Gasteiger partial charge on any atom is 0.401 e. The van der Waals surface area contributed by atoms with E-state index < -0.39 is 24.2 Å². The van der Waals surface area contributed by atoms with E-state index in [1.807, 2.05) is 6.92 Å². The van der Waals surface area contributed by atoms with Crippen LogP contribution in [0.15, 0.2) is 0 Å². The quantitative estimate of drug-likeness (QED) is 0.723. The molecule has 0 saturated heterocycles. The van der Waals surface area contributed by atoms with Crippen LogP contribution in [0, 0.1) is 5.92 Å². The Balaban J connectivity index is 2.61. The first-order valence-electron chi connectivity index (χ1n) is 7.45. The van der Waals surface area contributed by atoms with Gasteiger partial charge < -0.3 is 10.4 Å². The second-order valence-electron chi connectivity index (χ2n) is 5.93. The van der Waals surface area contributed by atoms with Crippen LogP contribution in [-0.2, 0) is 4.79 Å². The lowest BCUT2D eigenvalue weighted by Gasteiger charge is -2.33. The molecule has 2 N–H and O–H groups in total. The van der Waals surface area contributed by atoms with Crippen molar-refractivity contribution in [3.63, 3.8) is 0 Å². The van der Waals surface area contributed by atoms with Gasteiger partial charge in [0.05, 0.1) is 6.54 Å². The number of rotatable bonds is 8. The molecule has 1 saturated carbocycles. The largest absolute Gasteiger partial charge is 0.480 e.